The summed E-state index contributed by atoms with van der Waals surface area (Å²) in [6.07, 6.45) is 2.86. The number of rotatable bonds is 5. The number of hydrogen-bond donors (Lipinski definition) is 4. The first-order chi connectivity index (χ1) is 14.9. The van der Waals surface area contributed by atoms with E-state index in [0.29, 0.717) is 37.9 Å². The van der Waals surface area contributed by atoms with E-state index in [1.807, 2.05) is 0 Å². The van der Waals surface area contributed by atoms with Gasteiger partial charge < -0.3 is 21.4 Å². The van der Waals surface area contributed by atoms with Gasteiger partial charge in [0.1, 0.15) is 17.8 Å². The van der Waals surface area contributed by atoms with Crippen LogP contribution >= 0.6 is 23.2 Å². The molecule has 0 unspecified atom stereocenters. The Hall–Kier alpha value is -3.62. The summed E-state index contributed by atoms with van der Waals surface area (Å²) >= 11 is 12.0. The second-order valence-electron chi connectivity index (χ2n) is 6.64. The molecule has 4 aromatic rings. The standard InChI is InChI=1S/C21H16Cl2N6O2/c22-13-5-4-12(16(23)7-13)8-26-21(31)29-14-3-1-2-11(6-14)18(30)15-9-25-20-17(15)19(24)27-10-28-20/h1-7,9-10H,8H2,(H2,26,29,31)(H3,24,25,27,28). The van der Waals surface area contributed by atoms with Crippen LogP contribution in [0.5, 0.6) is 0 Å². The molecule has 4 rings (SSSR count). The molecular formula is C21H16Cl2N6O2. The van der Waals surface area contributed by atoms with Crippen LogP contribution in [0.3, 0.4) is 0 Å². The van der Waals surface area contributed by atoms with Crippen LogP contribution in [0.4, 0.5) is 16.3 Å². The van der Waals surface area contributed by atoms with E-state index in [-0.39, 0.29) is 18.1 Å². The monoisotopic (exact) mass is 454 g/mol. The topological polar surface area (TPSA) is 126 Å². The van der Waals surface area contributed by atoms with E-state index >= 15 is 0 Å². The zero-order valence-corrected chi connectivity index (χ0v) is 17.5. The Morgan fingerprint density at radius 3 is 2.74 bits per heavy atom. The van der Waals surface area contributed by atoms with Gasteiger partial charge in [-0.25, -0.2) is 14.8 Å². The van der Waals surface area contributed by atoms with Crippen molar-refractivity contribution >= 4 is 57.6 Å². The van der Waals surface area contributed by atoms with Crippen LogP contribution in [-0.4, -0.2) is 26.8 Å². The number of anilines is 2. The number of amides is 2. The average Bonchev–Trinajstić information content (AvgIpc) is 3.18. The van der Waals surface area contributed by atoms with Crippen LogP contribution in [0.2, 0.25) is 10.0 Å². The van der Waals surface area contributed by atoms with Gasteiger partial charge >= 0.3 is 6.03 Å². The van der Waals surface area contributed by atoms with Crippen molar-refractivity contribution in [3.05, 3.63) is 81.7 Å². The van der Waals surface area contributed by atoms with Gasteiger partial charge in [-0.1, -0.05) is 41.4 Å². The highest BCUT2D eigenvalue weighted by Gasteiger charge is 2.18. The molecule has 2 aromatic carbocycles. The summed E-state index contributed by atoms with van der Waals surface area (Å²) < 4.78 is 0. The highest BCUT2D eigenvalue weighted by Crippen LogP contribution is 2.24. The predicted molar refractivity (Wildman–Crippen MR) is 120 cm³/mol. The number of aromatic amines is 1. The molecule has 0 radical (unpaired) electrons. The maximum absolute atomic E-state index is 13.0. The zero-order chi connectivity index (χ0) is 22.0. The molecule has 2 amide bonds. The summed E-state index contributed by atoms with van der Waals surface area (Å²) in [5.41, 5.74) is 8.30. The zero-order valence-electron chi connectivity index (χ0n) is 15.9. The molecular weight excluding hydrogens is 439 g/mol. The quantitative estimate of drug-likeness (QED) is 0.332. The summed E-state index contributed by atoms with van der Waals surface area (Å²) in [5, 5.41) is 6.86. The lowest BCUT2D eigenvalue weighted by Crippen LogP contribution is -2.28. The fourth-order valence-corrected chi connectivity index (χ4v) is 3.55. The van der Waals surface area contributed by atoms with Crippen molar-refractivity contribution < 1.29 is 9.59 Å². The molecule has 2 aromatic heterocycles. The highest BCUT2D eigenvalue weighted by atomic mass is 35.5. The Kier molecular flexibility index (Phi) is 5.75. The largest absolute Gasteiger partial charge is 0.383 e. The van der Waals surface area contributed by atoms with Crippen molar-refractivity contribution in [2.45, 2.75) is 6.54 Å². The van der Waals surface area contributed by atoms with E-state index in [1.54, 1.807) is 48.7 Å². The van der Waals surface area contributed by atoms with Crippen molar-refractivity contribution in [1.29, 1.82) is 0 Å². The number of halogens is 2. The maximum Gasteiger partial charge on any atom is 0.319 e. The second-order valence-corrected chi connectivity index (χ2v) is 7.48. The van der Waals surface area contributed by atoms with Gasteiger partial charge in [0.2, 0.25) is 0 Å². The first-order valence-corrected chi connectivity index (χ1v) is 9.89. The van der Waals surface area contributed by atoms with E-state index in [1.165, 1.54) is 6.33 Å². The van der Waals surface area contributed by atoms with Crippen molar-refractivity contribution in [1.82, 2.24) is 20.3 Å². The van der Waals surface area contributed by atoms with Gasteiger partial charge in [-0.2, -0.15) is 0 Å². The van der Waals surface area contributed by atoms with Crippen molar-refractivity contribution in [3.63, 3.8) is 0 Å². The summed E-state index contributed by atoms with van der Waals surface area (Å²) in [6.45, 7) is 0.217. The number of nitrogens with two attached hydrogens (primary N) is 1. The molecule has 8 nitrogen and oxygen atoms in total. The van der Waals surface area contributed by atoms with E-state index in [2.05, 4.69) is 25.6 Å². The molecule has 0 saturated carbocycles. The number of urea groups is 1. The van der Waals surface area contributed by atoms with E-state index in [9.17, 15) is 9.59 Å². The molecule has 2 heterocycles. The lowest BCUT2D eigenvalue weighted by atomic mass is 10.0. The minimum Gasteiger partial charge on any atom is -0.383 e. The SMILES string of the molecule is Nc1ncnc2[nH]cc(C(=O)c3cccc(NC(=O)NCc4ccc(Cl)cc4Cl)c3)c12. The number of ketones is 1. The van der Waals surface area contributed by atoms with Gasteiger partial charge in [0.15, 0.2) is 5.78 Å². The Bertz CT molecular complexity index is 1300. The normalized spacial score (nSPS) is 10.8. The highest BCUT2D eigenvalue weighted by molar-refractivity contribution is 6.35. The van der Waals surface area contributed by atoms with E-state index in [4.69, 9.17) is 28.9 Å². The van der Waals surface area contributed by atoms with Gasteiger partial charge in [0.25, 0.3) is 0 Å². The Balaban J connectivity index is 1.47. The molecule has 0 aliphatic rings. The van der Waals surface area contributed by atoms with Gasteiger partial charge in [0, 0.05) is 34.0 Å². The molecule has 0 bridgehead atoms. The number of carbonyl (C=O) groups excluding carboxylic acids is 2. The molecule has 0 spiro atoms. The van der Waals surface area contributed by atoms with E-state index < -0.39 is 6.03 Å². The number of H-pyrrole nitrogens is 1. The minimum absolute atomic E-state index is 0.212. The second kappa shape index (κ2) is 8.63. The molecule has 0 aliphatic heterocycles. The summed E-state index contributed by atoms with van der Waals surface area (Å²) in [4.78, 5) is 36.2. The molecule has 5 N–H and O–H groups in total. The van der Waals surface area contributed by atoms with Crippen LogP contribution in [0.1, 0.15) is 21.5 Å². The van der Waals surface area contributed by atoms with Crippen LogP contribution in [-0.2, 0) is 6.54 Å². The average molecular weight is 455 g/mol. The molecule has 0 fully saturated rings. The van der Waals surface area contributed by atoms with E-state index in [0.717, 1.165) is 5.56 Å². The summed E-state index contributed by atoms with van der Waals surface area (Å²) in [7, 11) is 0. The molecule has 10 heteroatoms. The van der Waals surface area contributed by atoms with Crippen molar-refractivity contribution in [3.8, 4) is 0 Å². The third-order valence-electron chi connectivity index (χ3n) is 4.58. The molecule has 31 heavy (non-hydrogen) atoms. The van der Waals surface area contributed by atoms with Crippen LogP contribution in [0, 0.1) is 0 Å². The molecule has 0 saturated heterocycles. The van der Waals surface area contributed by atoms with Gasteiger partial charge in [0.05, 0.1) is 10.9 Å². The molecule has 156 valence electrons. The van der Waals surface area contributed by atoms with Crippen molar-refractivity contribution in [2.75, 3.05) is 11.1 Å². The van der Waals surface area contributed by atoms with Crippen LogP contribution < -0.4 is 16.4 Å². The summed E-state index contributed by atoms with van der Waals surface area (Å²) in [5.74, 6) is -0.0612. The van der Waals surface area contributed by atoms with Gasteiger partial charge in [-0.05, 0) is 29.8 Å². The smallest absolute Gasteiger partial charge is 0.319 e. The Labute approximate surface area is 186 Å². The first kappa shape index (κ1) is 20.6. The number of benzene rings is 2. The molecule has 0 atom stereocenters. The lowest BCUT2D eigenvalue weighted by Gasteiger charge is -2.10. The number of aromatic nitrogens is 3. The molecule has 0 aliphatic carbocycles. The number of fused-ring (bicyclic) bond motifs is 1. The summed E-state index contributed by atoms with van der Waals surface area (Å²) in [6, 6.07) is 11.2. The number of nitrogen functional groups attached to an aromatic ring is 1. The third kappa shape index (κ3) is 4.45. The van der Waals surface area contributed by atoms with Crippen molar-refractivity contribution in [2.24, 2.45) is 0 Å². The maximum atomic E-state index is 13.0. The van der Waals surface area contributed by atoms with Crippen LogP contribution in [0.25, 0.3) is 11.0 Å². The lowest BCUT2D eigenvalue weighted by molar-refractivity contribution is 0.104. The first-order valence-electron chi connectivity index (χ1n) is 9.13. The number of hydrogen-bond acceptors (Lipinski definition) is 5. The van der Waals surface area contributed by atoms with Gasteiger partial charge in [-0.3, -0.25) is 4.79 Å². The fraction of sp³-hybridized carbons (Fsp3) is 0.0476. The minimum atomic E-state index is -0.444. The number of nitrogens with zero attached hydrogens (tertiary/aromatic N) is 2. The number of carbonyl (C=O) groups is 2. The Morgan fingerprint density at radius 2 is 1.94 bits per heavy atom. The predicted octanol–water partition coefficient (Wildman–Crippen LogP) is 4.40. The third-order valence-corrected chi connectivity index (χ3v) is 5.17. The Morgan fingerprint density at radius 1 is 1.10 bits per heavy atom. The van der Waals surface area contributed by atoms with Crippen LogP contribution in [0.15, 0.2) is 55.0 Å². The fourth-order valence-electron chi connectivity index (χ4n) is 3.08. The number of nitrogens with one attached hydrogen (secondary N) is 3. The van der Waals surface area contributed by atoms with Gasteiger partial charge in [-0.15, -0.1) is 0 Å².